The Hall–Kier alpha value is -4.21. The molecule has 0 aliphatic carbocycles. The van der Waals surface area contributed by atoms with Crippen molar-refractivity contribution in [1.82, 2.24) is 0 Å². The van der Waals surface area contributed by atoms with E-state index in [0.29, 0.717) is 23.4 Å². The maximum Gasteiger partial charge on any atom is 0.330 e. The number of amides is 2. The van der Waals surface area contributed by atoms with E-state index < -0.39 is 17.9 Å². The number of aliphatic carboxylic acids is 1. The van der Waals surface area contributed by atoms with E-state index in [2.05, 4.69) is 10.6 Å². The van der Waals surface area contributed by atoms with Gasteiger partial charge in [-0.05, 0) is 65.9 Å². The largest absolute Gasteiger partial charge is 0.479 e. The lowest BCUT2D eigenvalue weighted by molar-refractivity contribution is -0.138. The molecule has 2 atom stereocenters. The van der Waals surface area contributed by atoms with Crippen LogP contribution in [0.3, 0.4) is 0 Å². The number of carboxylic acid groups (broad SMARTS) is 1. The summed E-state index contributed by atoms with van der Waals surface area (Å²) in [5.41, 5.74) is 21.6. The molecule has 2 unspecified atom stereocenters. The third-order valence-electron chi connectivity index (χ3n) is 5.81. The van der Waals surface area contributed by atoms with Crippen LogP contribution in [0.15, 0.2) is 66.7 Å². The Bertz CT molecular complexity index is 1260. The van der Waals surface area contributed by atoms with Crippen LogP contribution >= 0.6 is 0 Å². The molecule has 36 heavy (non-hydrogen) atoms. The van der Waals surface area contributed by atoms with Gasteiger partial charge in [0.1, 0.15) is 0 Å². The van der Waals surface area contributed by atoms with E-state index in [9.17, 15) is 19.5 Å². The molecule has 0 aliphatic rings. The van der Waals surface area contributed by atoms with E-state index in [-0.39, 0.29) is 30.5 Å². The summed E-state index contributed by atoms with van der Waals surface area (Å²) in [4.78, 5) is 36.0. The fraction of sp³-hybridized carbons (Fsp3) is 0.222. The number of carbonyl (C=O) groups excluding carboxylic acids is 2. The highest BCUT2D eigenvalue weighted by molar-refractivity contribution is 5.94. The van der Waals surface area contributed by atoms with Crippen molar-refractivity contribution >= 4 is 29.2 Å². The fourth-order valence-corrected chi connectivity index (χ4v) is 3.85. The molecule has 9 N–H and O–H groups in total. The van der Waals surface area contributed by atoms with Gasteiger partial charge in [0.15, 0.2) is 6.04 Å². The number of anilines is 2. The van der Waals surface area contributed by atoms with Gasteiger partial charge in [-0.15, -0.1) is 0 Å². The molecule has 0 saturated carbocycles. The average Bonchev–Trinajstić information content (AvgIpc) is 2.86. The van der Waals surface area contributed by atoms with Crippen molar-refractivity contribution in [3.8, 4) is 0 Å². The number of rotatable bonds is 11. The number of carbonyl (C=O) groups is 3. The molecule has 0 heterocycles. The van der Waals surface area contributed by atoms with Gasteiger partial charge in [-0.25, -0.2) is 4.79 Å². The zero-order valence-corrected chi connectivity index (χ0v) is 20.0. The summed E-state index contributed by atoms with van der Waals surface area (Å²) in [5.74, 6) is -1.85. The minimum absolute atomic E-state index is 0.135. The summed E-state index contributed by atoms with van der Waals surface area (Å²) in [6.07, 6.45) is 0.673. The van der Waals surface area contributed by atoms with E-state index in [1.165, 1.54) is 6.07 Å². The first kappa shape index (κ1) is 26.4. The van der Waals surface area contributed by atoms with Crippen molar-refractivity contribution in [3.63, 3.8) is 0 Å². The average molecular weight is 490 g/mol. The van der Waals surface area contributed by atoms with Gasteiger partial charge in [0.25, 0.3) is 0 Å². The number of primary amides is 1. The number of nitrogens with one attached hydrogen (secondary N) is 2. The Kier molecular flexibility index (Phi) is 8.77. The third kappa shape index (κ3) is 6.91. The molecule has 0 fully saturated rings. The molecule has 9 heteroatoms. The van der Waals surface area contributed by atoms with Gasteiger partial charge in [-0.2, -0.15) is 0 Å². The molecule has 0 aliphatic heterocycles. The molecular weight excluding hydrogens is 458 g/mol. The Morgan fingerprint density at radius 3 is 2.31 bits per heavy atom. The minimum atomic E-state index is -1.09. The molecule has 2 amide bonds. The first-order valence-electron chi connectivity index (χ1n) is 11.5. The van der Waals surface area contributed by atoms with Crippen molar-refractivity contribution in [2.75, 3.05) is 10.6 Å². The Morgan fingerprint density at radius 2 is 1.64 bits per heavy atom. The number of nitrogens with two attached hydrogens (primary N) is 3. The fourth-order valence-electron chi connectivity index (χ4n) is 3.85. The lowest BCUT2D eigenvalue weighted by Gasteiger charge is -2.19. The van der Waals surface area contributed by atoms with Crippen molar-refractivity contribution in [1.29, 1.82) is 0 Å². The molecule has 188 valence electrons. The van der Waals surface area contributed by atoms with Crippen LogP contribution in [0.5, 0.6) is 0 Å². The molecule has 9 nitrogen and oxygen atoms in total. The molecule has 0 aromatic heterocycles. The van der Waals surface area contributed by atoms with Crippen molar-refractivity contribution in [2.45, 2.75) is 38.4 Å². The van der Waals surface area contributed by atoms with Crippen LogP contribution in [0, 0.1) is 0 Å². The van der Waals surface area contributed by atoms with Crippen molar-refractivity contribution in [3.05, 3.63) is 94.5 Å². The summed E-state index contributed by atoms with van der Waals surface area (Å²) in [5, 5.41) is 15.6. The number of carboxylic acids is 1. The summed E-state index contributed by atoms with van der Waals surface area (Å²) in [6, 6.07) is 17.7. The third-order valence-corrected chi connectivity index (χ3v) is 5.81. The highest BCUT2D eigenvalue weighted by Gasteiger charge is 2.21. The standard InChI is InChI=1S/C27H31N5O4/c1-16(29)18-4-2-6-22(13-18)31-24(33)11-10-17-8-9-19(12-21(17)15-28)25(27(35)36)32-23-7-3-5-20(14-23)26(30)34/h2-9,12-14,16,25,32H,10-11,15,28-29H2,1H3,(H2,30,34)(H,31,33)(H,35,36). The van der Waals surface area contributed by atoms with E-state index in [1.807, 2.05) is 31.2 Å². The molecular formula is C27H31N5O4. The minimum Gasteiger partial charge on any atom is -0.479 e. The van der Waals surface area contributed by atoms with Gasteiger partial charge in [0.2, 0.25) is 11.8 Å². The van der Waals surface area contributed by atoms with Crippen molar-refractivity contribution < 1.29 is 19.5 Å². The summed E-state index contributed by atoms with van der Waals surface area (Å²) in [6.45, 7) is 2.06. The maximum atomic E-state index is 12.5. The predicted octanol–water partition coefficient (Wildman–Crippen LogP) is 3.07. The zero-order chi connectivity index (χ0) is 26.2. The Morgan fingerprint density at radius 1 is 0.917 bits per heavy atom. The number of hydrogen-bond donors (Lipinski definition) is 6. The molecule has 0 spiro atoms. The van der Waals surface area contributed by atoms with Gasteiger partial charge in [-0.1, -0.05) is 36.4 Å². The molecule has 3 aromatic rings. The topological polar surface area (TPSA) is 174 Å². The van der Waals surface area contributed by atoms with Gasteiger partial charge in [0, 0.05) is 35.9 Å². The molecule has 3 rings (SSSR count). The van der Waals surface area contributed by atoms with Crippen LogP contribution in [-0.2, 0) is 22.6 Å². The lowest BCUT2D eigenvalue weighted by Crippen LogP contribution is -2.21. The van der Waals surface area contributed by atoms with E-state index in [4.69, 9.17) is 17.2 Å². The van der Waals surface area contributed by atoms with E-state index in [0.717, 1.165) is 16.7 Å². The predicted molar refractivity (Wildman–Crippen MR) is 139 cm³/mol. The SMILES string of the molecule is CC(N)c1cccc(NC(=O)CCc2ccc(C(Nc3cccc(C(N)=O)c3)C(=O)O)cc2CN)c1. The maximum absolute atomic E-state index is 12.5. The van der Waals surface area contributed by atoms with E-state index in [1.54, 1.807) is 36.4 Å². The normalized spacial score (nSPS) is 12.4. The second-order valence-corrected chi connectivity index (χ2v) is 8.56. The summed E-state index contributed by atoms with van der Waals surface area (Å²) < 4.78 is 0. The summed E-state index contributed by atoms with van der Waals surface area (Å²) >= 11 is 0. The van der Waals surface area contributed by atoms with Gasteiger partial charge < -0.3 is 32.9 Å². The molecule has 0 saturated heterocycles. The second kappa shape index (κ2) is 12.0. The number of hydrogen-bond acceptors (Lipinski definition) is 6. The first-order chi connectivity index (χ1) is 17.2. The Balaban J connectivity index is 1.71. The number of benzene rings is 3. The van der Waals surface area contributed by atoms with Crippen LogP contribution in [0.25, 0.3) is 0 Å². The molecule has 0 bridgehead atoms. The zero-order valence-electron chi connectivity index (χ0n) is 20.0. The smallest absolute Gasteiger partial charge is 0.330 e. The van der Waals surface area contributed by atoms with Gasteiger partial charge >= 0.3 is 5.97 Å². The van der Waals surface area contributed by atoms with Crippen LogP contribution in [0.2, 0.25) is 0 Å². The van der Waals surface area contributed by atoms with Crippen LogP contribution in [-0.4, -0.2) is 22.9 Å². The summed E-state index contributed by atoms with van der Waals surface area (Å²) in [7, 11) is 0. The van der Waals surface area contributed by atoms with Crippen LogP contribution < -0.4 is 27.8 Å². The lowest BCUT2D eigenvalue weighted by atomic mass is 9.96. The van der Waals surface area contributed by atoms with Crippen LogP contribution in [0.4, 0.5) is 11.4 Å². The molecule has 3 aromatic carbocycles. The first-order valence-corrected chi connectivity index (χ1v) is 11.5. The highest BCUT2D eigenvalue weighted by atomic mass is 16.4. The van der Waals surface area contributed by atoms with Crippen LogP contribution in [0.1, 0.15) is 58.0 Å². The van der Waals surface area contributed by atoms with Gasteiger partial charge in [-0.3, -0.25) is 9.59 Å². The molecule has 0 radical (unpaired) electrons. The quantitative estimate of drug-likeness (QED) is 0.240. The monoisotopic (exact) mass is 489 g/mol. The van der Waals surface area contributed by atoms with Gasteiger partial charge in [0.05, 0.1) is 0 Å². The second-order valence-electron chi connectivity index (χ2n) is 8.56. The van der Waals surface area contributed by atoms with E-state index >= 15 is 0 Å². The van der Waals surface area contributed by atoms with Crippen molar-refractivity contribution in [2.24, 2.45) is 17.2 Å². The number of aryl methyl sites for hydroxylation is 1. The Labute approximate surface area is 209 Å². The highest BCUT2D eigenvalue weighted by Crippen LogP contribution is 2.24.